The van der Waals surface area contributed by atoms with Gasteiger partial charge in [-0.25, -0.2) is 8.42 Å². The van der Waals surface area contributed by atoms with Gasteiger partial charge in [-0.3, -0.25) is 9.79 Å². The Morgan fingerprint density at radius 1 is 1.19 bits per heavy atom. The van der Waals surface area contributed by atoms with Gasteiger partial charge in [-0.15, -0.1) is 0 Å². The smallest absolute Gasteiger partial charge is 0.222 e. The van der Waals surface area contributed by atoms with Crippen molar-refractivity contribution in [1.82, 2.24) is 16.0 Å². The Balaban J connectivity index is 1.75. The van der Waals surface area contributed by atoms with Gasteiger partial charge in [0.05, 0.1) is 11.5 Å². The molecule has 1 saturated heterocycles. The fourth-order valence-corrected chi connectivity index (χ4v) is 5.51. The van der Waals surface area contributed by atoms with E-state index < -0.39 is 9.84 Å². The lowest BCUT2D eigenvalue weighted by molar-refractivity contribution is -0.121. The van der Waals surface area contributed by atoms with E-state index >= 15 is 0 Å². The average molecular weight is 387 g/mol. The van der Waals surface area contributed by atoms with E-state index in [0.717, 1.165) is 25.5 Å². The van der Waals surface area contributed by atoms with E-state index in [1.54, 1.807) is 0 Å². The summed E-state index contributed by atoms with van der Waals surface area (Å²) in [7, 11) is -2.97. The molecule has 26 heavy (non-hydrogen) atoms. The topological polar surface area (TPSA) is 99.7 Å². The molecule has 0 aromatic carbocycles. The molecule has 1 saturated carbocycles. The van der Waals surface area contributed by atoms with Crippen molar-refractivity contribution in [2.24, 2.45) is 10.4 Å². The van der Waals surface area contributed by atoms with E-state index in [1.807, 2.05) is 6.92 Å². The number of guanidine groups is 1. The van der Waals surface area contributed by atoms with E-state index in [0.29, 0.717) is 24.8 Å². The van der Waals surface area contributed by atoms with Gasteiger partial charge < -0.3 is 16.0 Å². The third-order valence-corrected chi connectivity index (χ3v) is 7.34. The summed E-state index contributed by atoms with van der Waals surface area (Å²) in [6.45, 7) is 6.35. The Hall–Kier alpha value is -1.31. The van der Waals surface area contributed by atoms with Crippen LogP contribution in [0.4, 0.5) is 0 Å². The highest BCUT2D eigenvalue weighted by molar-refractivity contribution is 7.91. The van der Waals surface area contributed by atoms with Crippen LogP contribution >= 0.6 is 0 Å². The number of nitrogens with one attached hydrogen (secondary N) is 3. The van der Waals surface area contributed by atoms with Crippen LogP contribution in [0.3, 0.4) is 0 Å². The Labute approximate surface area is 157 Å². The molecule has 0 aromatic rings. The zero-order valence-corrected chi connectivity index (χ0v) is 17.0. The number of hydrogen-bond acceptors (Lipinski definition) is 4. The number of rotatable bonds is 8. The first-order valence-electron chi connectivity index (χ1n) is 9.90. The number of carbonyl (C=O) groups excluding carboxylic acids is 1. The molecule has 3 N–H and O–H groups in total. The molecule has 1 unspecified atom stereocenters. The van der Waals surface area contributed by atoms with Crippen LogP contribution < -0.4 is 16.0 Å². The van der Waals surface area contributed by atoms with Crippen molar-refractivity contribution in [3.63, 3.8) is 0 Å². The maximum atomic E-state index is 12.0. The third-order valence-electron chi connectivity index (χ3n) is 5.57. The quantitative estimate of drug-likeness (QED) is 0.430. The van der Waals surface area contributed by atoms with Gasteiger partial charge in [0, 0.05) is 32.1 Å². The Morgan fingerprint density at radius 3 is 2.50 bits per heavy atom. The molecular weight excluding hydrogens is 352 g/mol. The molecule has 8 heteroatoms. The molecule has 1 amide bonds. The number of aliphatic imine (C=N–C) groups is 1. The minimum absolute atomic E-state index is 0.0648. The van der Waals surface area contributed by atoms with Crippen LogP contribution in [0, 0.1) is 5.41 Å². The van der Waals surface area contributed by atoms with E-state index in [2.05, 4.69) is 22.9 Å². The van der Waals surface area contributed by atoms with Crippen molar-refractivity contribution in [2.45, 2.75) is 64.8 Å². The molecule has 0 spiro atoms. The van der Waals surface area contributed by atoms with Crippen molar-refractivity contribution in [1.29, 1.82) is 0 Å². The maximum Gasteiger partial charge on any atom is 0.222 e. The number of hydrogen-bond donors (Lipinski definition) is 3. The molecule has 0 bridgehead atoms. The first-order chi connectivity index (χ1) is 12.4. The SMILES string of the molecule is CCNC(=NCC1(CC)CCCC1)NCCC(=O)NC1CCS(=O)(=O)C1. The highest BCUT2D eigenvalue weighted by Gasteiger charge is 2.32. The minimum Gasteiger partial charge on any atom is -0.357 e. The van der Waals surface area contributed by atoms with E-state index in [1.165, 1.54) is 25.7 Å². The standard InChI is InChI=1S/C18H34N4O3S/c1-3-18(9-5-6-10-18)14-21-17(19-4-2)20-11-7-16(23)22-15-8-12-26(24,25)13-15/h15H,3-14H2,1-2H3,(H,22,23)(H2,19,20,21). The third kappa shape index (κ3) is 6.45. The second-order valence-corrected chi connectivity index (χ2v) is 9.83. The Morgan fingerprint density at radius 2 is 1.92 bits per heavy atom. The molecule has 150 valence electrons. The van der Waals surface area contributed by atoms with Crippen molar-refractivity contribution in [3.8, 4) is 0 Å². The first kappa shape index (κ1) is 21.0. The zero-order valence-electron chi connectivity index (χ0n) is 16.1. The van der Waals surface area contributed by atoms with Gasteiger partial charge in [-0.2, -0.15) is 0 Å². The normalized spacial score (nSPS) is 24.4. The van der Waals surface area contributed by atoms with Crippen LogP contribution in [0.5, 0.6) is 0 Å². The molecule has 1 aliphatic heterocycles. The van der Waals surface area contributed by atoms with E-state index in [4.69, 9.17) is 4.99 Å². The molecule has 2 aliphatic rings. The van der Waals surface area contributed by atoms with Crippen molar-refractivity contribution in [2.75, 3.05) is 31.1 Å². The molecule has 0 radical (unpaired) electrons. The Bertz CT molecular complexity index is 598. The van der Waals surface area contributed by atoms with Crippen LogP contribution in [-0.2, 0) is 14.6 Å². The number of sulfone groups is 1. The van der Waals surface area contributed by atoms with Crippen LogP contribution in [0.2, 0.25) is 0 Å². The predicted molar refractivity (Wildman–Crippen MR) is 105 cm³/mol. The summed E-state index contributed by atoms with van der Waals surface area (Å²) in [6.07, 6.45) is 7.07. The molecule has 1 aliphatic carbocycles. The van der Waals surface area contributed by atoms with Crippen molar-refractivity contribution < 1.29 is 13.2 Å². The Kier molecular flexibility index (Phi) is 7.73. The second kappa shape index (κ2) is 9.58. The lowest BCUT2D eigenvalue weighted by Crippen LogP contribution is -2.41. The molecule has 2 rings (SSSR count). The van der Waals surface area contributed by atoms with Gasteiger partial charge >= 0.3 is 0 Å². The fourth-order valence-electron chi connectivity index (χ4n) is 3.84. The lowest BCUT2D eigenvalue weighted by Gasteiger charge is -2.25. The average Bonchev–Trinajstić information content (AvgIpc) is 3.19. The monoisotopic (exact) mass is 386 g/mol. The van der Waals surface area contributed by atoms with Gasteiger partial charge in [-0.1, -0.05) is 19.8 Å². The highest BCUT2D eigenvalue weighted by Crippen LogP contribution is 2.41. The van der Waals surface area contributed by atoms with Gasteiger partial charge in [0.1, 0.15) is 0 Å². The van der Waals surface area contributed by atoms with Crippen molar-refractivity contribution >= 4 is 21.7 Å². The summed E-state index contributed by atoms with van der Waals surface area (Å²) < 4.78 is 22.9. The second-order valence-electron chi connectivity index (χ2n) is 7.60. The summed E-state index contributed by atoms with van der Waals surface area (Å²) in [5.74, 6) is 0.877. The van der Waals surface area contributed by atoms with E-state index in [-0.39, 0.29) is 23.5 Å². The van der Waals surface area contributed by atoms with Crippen LogP contribution in [0.1, 0.15) is 58.8 Å². The molecular formula is C18H34N4O3S. The lowest BCUT2D eigenvalue weighted by atomic mass is 9.84. The predicted octanol–water partition coefficient (Wildman–Crippen LogP) is 1.21. The number of carbonyl (C=O) groups is 1. The summed E-state index contributed by atoms with van der Waals surface area (Å²) in [6, 6.07) is -0.235. The molecule has 7 nitrogen and oxygen atoms in total. The summed E-state index contributed by atoms with van der Waals surface area (Å²) >= 11 is 0. The largest absolute Gasteiger partial charge is 0.357 e. The fraction of sp³-hybridized carbons (Fsp3) is 0.889. The van der Waals surface area contributed by atoms with Gasteiger partial charge in [-0.05, 0) is 38.0 Å². The summed E-state index contributed by atoms with van der Waals surface area (Å²) in [5.41, 5.74) is 0.341. The highest BCUT2D eigenvalue weighted by atomic mass is 32.2. The molecule has 1 heterocycles. The van der Waals surface area contributed by atoms with Crippen LogP contribution in [0.15, 0.2) is 4.99 Å². The molecule has 1 atom stereocenters. The first-order valence-corrected chi connectivity index (χ1v) is 11.7. The number of nitrogens with zero attached hydrogens (tertiary/aromatic N) is 1. The van der Waals surface area contributed by atoms with Crippen LogP contribution in [-0.4, -0.2) is 57.5 Å². The number of amides is 1. The van der Waals surface area contributed by atoms with Gasteiger partial charge in [0.25, 0.3) is 0 Å². The molecule has 0 aromatic heterocycles. The van der Waals surface area contributed by atoms with Crippen LogP contribution in [0.25, 0.3) is 0 Å². The maximum absolute atomic E-state index is 12.0. The van der Waals surface area contributed by atoms with Gasteiger partial charge in [0.2, 0.25) is 5.91 Å². The van der Waals surface area contributed by atoms with E-state index in [9.17, 15) is 13.2 Å². The van der Waals surface area contributed by atoms with Crippen molar-refractivity contribution in [3.05, 3.63) is 0 Å². The summed E-state index contributed by atoms with van der Waals surface area (Å²) in [4.78, 5) is 16.7. The minimum atomic E-state index is -2.97. The molecule has 2 fully saturated rings. The summed E-state index contributed by atoms with van der Waals surface area (Å²) in [5, 5.41) is 9.26. The zero-order chi connectivity index (χ0) is 19.0. The van der Waals surface area contributed by atoms with Gasteiger partial charge in [0.15, 0.2) is 15.8 Å².